The number of rotatable bonds is 3. The van der Waals surface area contributed by atoms with Crippen molar-refractivity contribution in [3.8, 4) is 0 Å². The molecule has 2 saturated heterocycles. The molecule has 0 aromatic carbocycles. The quantitative estimate of drug-likeness (QED) is 0.800. The minimum atomic E-state index is -4.55. The number of ether oxygens (including phenoxy) is 1. The van der Waals surface area contributed by atoms with Gasteiger partial charge in [0.2, 0.25) is 0 Å². The zero-order chi connectivity index (χ0) is 22.6. The van der Waals surface area contributed by atoms with E-state index >= 15 is 0 Å². The lowest BCUT2D eigenvalue weighted by Gasteiger charge is -2.46. The van der Waals surface area contributed by atoms with E-state index in [9.17, 15) is 22.4 Å². The van der Waals surface area contributed by atoms with Gasteiger partial charge in [0.15, 0.2) is 0 Å². The average Bonchev–Trinajstić information content (AvgIpc) is 2.96. The van der Waals surface area contributed by atoms with Crippen LogP contribution in [0.1, 0.15) is 27.3 Å². The number of hydrogen-bond acceptors (Lipinski definition) is 4. The minimum absolute atomic E-state index is 0.0230. The van der Waals surface area contributed by atoms with Gasteiger partial charge in [0, 0.05) is 33.8 Å². The van der Waals surface area contributed by atoms with Crippen LogP contribution in [-0.4, -0.2) is 64.8 Å². The van der Waals surface area contributed by atoms with Crippen LogP contribution < -0.4 is 5.32 Å². The molecule has 2 aliphatic rings. The third kappa shape index (κ3) is 3.70. The van der Waals surface area contributed by atoms with E-state index in [1.807, 2.05) is 0 Å². The van der Waals surface area contributed by atoms with Crippen molar-refractivity contribution in [3.63, 3.8) is 0 Å². The molecule has 0 saturated carbocycles. The van der Waals surface area contributed by atoms with Crippen LogP contribution in [0, 0.1) is 5.82 Å². The third-order valence-electron chi connectivity index (χ3n) is 5.13. The Hall–Kier alpha value is -2.20. The molecule has 1 N–H and O–H groups in total. The van der Waals surface area contributed by atoms with Crippen LogP contribution in [0.3, 0.4) is 0 Å². The van der Waals surface area contributed by atoms with Crippen molar-refractivity contribution in [3.05, 3.63) is 29.8 Å². The molecule has 2 aromatic heterocycles. The first-order chi connectivity index (χ1) is 14.4. The van der Waals surface area contributed by atoms with Gasteiger partial charge in [-0.1, -0.05) is 0 Å². The van der Waals surface area contributed by atoms with Gasteiger partial charge in [-0.2, -0.15) is 13.2 Å². The zero-order valence-electron chi connectivity index (χ0n) is 17.7. The van der Waals surface area contributed by atoms with Gasteiger partial charge in [0.05, 0.1) is 25.0 Å². The lowest BCUT2D eigenvalue weighted by Crippen LogP contribution is -2.59. The molecule has 2 fully saturated rings. The largest absolute Gasteiger partial charge is 0.406 e. The Morgan fingerprint density at radius 3 is 2.75 bits per heavy atom. The maximum Gasteiger partial charge on any atom is 0.406 e. The highest BCUT2D eigenvalue weighted by molar-refractivity contribution is 6.06. The van der Waals surface area contributed by atoms with Crippen molar-refractivity contribution in [2.45, 2.75) is 43.7 Å². The number of pyridine rings is 1. The van der Waals surface area contributed by atoms with Gasteiger partial charge in [-0.15, -0.1) is 0 Å². The van der Waals surface area contributed by atoms with E-state index in [-0.39, 0.29) is 29.8 Å². The predicted molar refractivity (Wildman–Crippen MR) is 92.4 cm³/mol. The molecular formula is C18H20F4N4O2. The molecule has 0 aliphatic carbocycles. The molecule has 10 heteroatoms. The summed E-state index contributed by atoms with van der Waals surface area (Å²) in [4.78, 5) is 18.0. The first-order valence-electron chi connectivity index (χ1n) is 10.3. The van der Waals surface area contributed by atoms with Crippen molar-refractivity contribution in [1.82, 2.24) is 19.8 Å². The number of fused-ring (bicyclic) bond motifs is 3. The van der Waals surface area contributed by atoms with Crippen LogP contribution in [0.25, 0.3) is 11.0 Å². The Morgan fingerprint density at radius 2 is 2.11 bits per heavy atom. The third-order valence-corrected chi connectivity index (χ3v) is 5.13. The molecule has 4 heterocycles. The fourth-order valence-electron chi connectivity index (χ4n) is 3.94. The highest BCUT2D eigenvalue weighted by Gasteiger charge is 2.37. The molecule has 2 aliphatic heterocycles. The van der Waals surface area contributed by atoms with Crippen LogP contribution in [0.2, 0.25) is 0 Å². The molecule has 0 radical (unpaired) electrons. The summed E-state index contributed by atoms with van der Waals surface area (Å²) in [5, 5.41) is 2.75. The summed E-state index contributed by atoms with van der Waals surface area (Å²) in [6, 6.07) is -0.260. The number of amides is 1. The first kappa shape index (κ1) is 15.7. The standard InChI is InChI=1S/C18H20F4N4O2/c1-25-12-3-11(4-13(25)8-28-7-12)24-17(27)15-6-26(9-18(20,21)22)16-14(15)2-10(19)5-23-16/h2,5-6,11-13H,3-4,7-9H2,1H3,(H,24,27)/t11-,12-,13+/i1D3. The second-order valence-corrected chi connectivity index (χ2v) is 7.20. The first-order valence-corrected chi connectivity index (χ1v) is 8.80. The summed E-state index contributed by atoms with van der Waals surface area (Å²) in [7, 11) is 0. The van der Waals surface area contributed by atoms with E-state index in [2.05, 4.69) is 10.3 Å². The summed E-state index contributed by atoms with van der Waals surface area (Å²) in [6.45, 7) is -3.24. The number of carbonyl (C=O) groups is 1. The van der Waals surface area contributed by atoms with Gasteiger partial charge in [0.1, 0.15) is 18.0 Å². The predicted octanol–water partition coefficient (Wildman–Crippen LogP) is 2.33. The number of nitrogens with zero attached hydrogens (tertiary/aromatic N) is 3. The molecule has 0 spiro atoms. The van der Waals surface area contributed by atoms with E-state index in [0.717, 1.165) is 23.0 Å². The SMILES string of the molecule is [2H]C([2H])([2H])N1[C@@H]2COC[C@H]1C[C@@H](NC(=O)c1cn(CC(F)(F)F)c3ncc(F)cc13)C2. The lowest BCUT2D eigenvalue weighted by molar-refractivity contribution is -0.139. The molecule has 1 amide bonds. The van der Waals surface area contributed by atoms with Crippen LogP contribution >= 0.6 is 0 Å². The summed E-state index contributed by atoms with van der Waals surface area (Å²) >= 11 is 0. The molecule has 4 rings (SSSR count). The Kier molecular flexibility index (Phi) is 3.92. The zero-order valence-corrected chi connectivity index (χ0v) is 14.7. The summed E-state index contributed by atoms with van der Waals surface area (Å²) in [5.41, 5.74) is -0.266. The number of nitrogens with one attached hydrogen (secondary N) is 1. The highest BCUT2D eigenvalue weighted by atomic mass is 19.4. The minimum Gasteiger partial charge on any atom is -0.378 e. The fraction of sp³-hybridized carbons (Fsp3) is 0.556. The summed E-state index contributed by atoms with van der Waals surface area (Å²) in [5.74, 6) is -1.44. The Bertz CT molecular complexity index is 981. The van der Waals surface area contributed by atoms with Gasteiger partial charge in [0.25, 0.3) is 5.91 Å². The molecule has 152 valence electrons. The molecule has 0 unspecified atom stereocenters. The van der Waals surface area contributed by atoms with E-state index in [4.69, 9.17) is 8.85 Å². The van der Waals surface area contributed by atoms with Crippen LogP contribution in [0.4, 0.5) is 17.6 Å². The topological polar surface area (TPSA) is 59.4 Å². The number of hydrogen-bond donors (Lipinski definition) is 1. The van der Waals surface area contributed by atoms with Crippen molar-refractivity contribution in [2.24, 2.45) is 0 Å². The maximum absolute atomic E-state index is 13.7. The number of halogens is 4. The number of piperidine rings is 1. The average molecular weight is 403 g/mol. The van der Waals surface area contributed by atoms with Gasteiger partial charge >= 0.3 is 6.18 Å². The van der Waals surface area contributed by atoms with Crippen molar-refractivity contribution >= 4 is 16.9 Å². The maximum atomic E-state index is 13.7. The second kappa shape index (κ2) is 7.00. The van der Waals surface area contributed by atoms with Crippen molar-refractivity contribution in [2.75, 3.05) is 20.2 Å². The van der Waals surface area contributed by atoms with E-state index in [1.54, 1.807) is 0 Å². The monoisotopic (exact) mass is 403 g/mol. The number of carbonyl (C=O) groups excluding carboxylic acids is 1. The number of morpholine rings is 1. The van der Waals surface area contributed by atoms with Gasteiger partial charge < -0.3 is 14.6 Å². The highest BCUT2D eigenvalue weighted by Crippen LogP contribution is 2.28. The normalized spacial score (nSPS) is 27.9. The fourth-order valence-corrected chi connectivity index (χ4v) is 3.94. The Morgan fingerprint density at radius 1 is 1.39 bits per heavy atom. The van der Waals surface area contributed by atoms with Gasteiger partial charge in [-0.25, -0.2) is 9.37 Å². The number of aromatic nitrogens is 2. The second-order valence-electron chi connectivity index (χ2n) is 7.20. The molecule has 6 nitrogen and oxygen atoms in total. The molecule has 3 atom stereocenters. The molecule has 2 bridgehead atoms. The molecular weight excluding hydrogens is 380 g/mol. The summed E-state index contributed by atoms with van der Waals surface area (Å²) in [6.07, 6.45) is -2.11. The van der Waals surface area contributed by atoms with Crippen molar-refractivity contribution < 1.29 is 31.2 Å². The Balaban J connectivity index is 1.57. The molecule has 2 aromatic rings. The van der Waals surface area contributed by atoms with E-state index in [0.29, 0.717) is 12.8 Å². The van der Waals surface area contributed by atoms with E-state index in [1.165, 1.54) is 4.90 Å². The van der Waals surface area contributed by atoms with Crippen LogP contribution in [-0.2, 0) is 11.3 Å². The number of likely N-dealkylation sites (N-methyl/N-ethyl adjacent to an activating group) is 1. The van der Waals surface area contributed by atoms with Gasteiger partial charge in [-0.05, 0) is 25.9 Å². The lowest BCUT2D eigenvalue weighted by atomic mass is 9.90. The van der Waals surface area contributed by atoms with E-state index < -0.39 is 49.5 Å². The van der Waals surface area contributed by atoms with Crippen LogP contribution in [0.5, 0.6) is 0 Å². The summed E-state index contributed by atoms with van der Waals surface area (Å²) < 4.78 is 81.8. The van der Waals surface area contributed by atoms with Crippen molar-refractivity contribution in [1.29, 1.82) is 0 Å². The Labute approximate surface area is 162 Å². The van der Waals surface area contributed by atoms with Gasteiger partial charge in [-0.3, -0.25) is 9.69 Å². The molecule has 28 heavy (non-hydrogen) atoms. The number of alkyl halides is 3. The van der Waals surface area contributed by atoms with Crippen LogP contribution in [0.15, 0.2) is 18.5 Å². The smallest absolute Gasteiger partial charge is 0.378 e.